The van der Waals surface area contributed by atoms with E-state index in [4.69, 9.17) is 20.4 Å². The van der Waals surface area contributed by atoms with E-state index in [1.165, 1.54) is 0 Å². The van der Waals surface area contributed by atoms with E-state index in [1.807, 2.05) is 0 Å². The lowest BCUT2D eigenvalue weighted by Crippen LogP contribution is -2.20. The Morgan fingerprint density at radius 3 is 1.43 bits per heavy atom. The summed E-state index contributed by atoms with van der Waals surface area (Å²) in [5.41, 5.74) is 0. The van der Waals surface area contributed by atoms with Gasteiger partial charge >= 0.3 is 23.9 Å². The molecule has 2 unspecified atom stereocenters. The highest BCUT2D eigenvalue weighted by Crippen LogP contribution is 2.34. The first-order valence-electron chi connectivity index (χ1n) is 5.75. The van der Waals surface area contributed by atoms with Crippen LogP contribution in [-0.4, -0.2) is 65.0 Å². The number of carboxylic acid groups (broad SMARTS) is 4. The number of aliphatic carboxylic acids is 4. The summed E-state index contributed by atoms with van der Waals surface area (Å²) in [6.07, 6.45) is -1.22. The van der Waals surface area contributed by atoms with Gasteiger partial charge in [-0.05, 0) is 0 Å². The van der Waals surface area contributed by atoms with Gasteiger partial charge in [0.05, 0.1) is 12.8 Å². The van der Waals surface area contributed by atoms with E-state index in [2.05, 4.69) is 10.2 Å². The number of carbonyl (C=O) groups is 4. The van der Waals surface area contributed by atoms with Crippen LogP contribution in [0, 0.1) is 0 Å². The summed E-state index contributed by atoms with van der Waals surface area (Å²) in [5.74, 6) is -5.21. The van der Waals surface area contributed by atoms with Crippen molar-refractivity contribution in [2.24, 2.45) is 0 Å². The molecular formula is C10H10N2O8S3. The average Bonchev–Trinajstić information content (AvgIpc) is 2.83. The fraction of sp³-hybridized carbons (Fsp3) is 0.400. The average molecular weight is 382 g/mol. The normalized spacial score (nSPS) is 13.2. The predicted octanol–water partition coefficient (Wildman–Crippen LogP) is 0.578. The Kier molecular flexibility index (Phi) is 7.25. The van der Waals surface area contributed by atoms with Crippen molar-refractivity contribution in [3.63, 3.8) is 0 Å². The largest absolute Gasteiger partial charge is 0.481 e. The molecule has 0 radical (unpaired) electrons. The Bertz CT molecular complexity index is 569. The van der Waals surface area contributed by atoms with Gasteiger partial charge in [-0.2, -0.15) is 0 Å². The molecule has 1 heterocycles. The SMILES string of the molecule is O=C(O)CC(Sc1nnc(SC(CC(=O)O)C(=O)O)s1)C(=O)O. The van der Waals surface area contributed by atoms with E-state index in [0.717, 1.165) is 11.3 Å². The minimum atomic E-state index is -1.32. The highest BCUT2D eigenvalue weighted by molar-refractivity contribution is 8.04. The van der Waals surface area contributed by atoms with Crippen LogP contribution in [0.4, 0.5) is 0 Å². The summed E-state index contributed by atoms with van der Waals surface area (Å²) in [6.45, 7) is 0. The molecule has 0 saturated carbocycles. The minimum absolute atomic E-state index is 0.153. The van der Waals surface area contributed by atoms with Crippen molar-refractivity contribution in [1.29, 1.82) is 0 Å². The zero-order valence-corrected chi connectivity index (χ0v) is 13.6. The number of carboxylic acids is 4. The first-order chi connectivity index (χ1) is 10.7. The third-order valence-corrected chi connectivity index (χ3v) is 5.61. The summed E-state index contributed by atoms with van der Waals surface area (Å²) in [5, 5.41) is 39.9. The smallest absolute Gasteiger partial charge is 0.317 e. The molecule has 126 valence electrons. The molecule has 0 amide bonds. The van der Waals surface area contributed by atoms with E-state index < -0.39 is 47.2 Å². The number of nitrogens with zero attached hydrogens (tertiary/aromatic N) is 2. The van der Waals surface area contributed by atoms with Gasteiger partial charge in [0.15, 0.2) is 8.68 Å². The molecule has 0 saturated heterocycles. The number of hydrogen-bond acceptors (Lipinski definition) is 9. The second-order valence-corrected chi connectivity index (χ2v) is 7.80. The van der Waals surface area contributed by atoms with Gasteiger partial charge in [0, 0.05) is 0 Å². The Morgan fingerprint density at radius 1 is 0.826 bits per heavy atom. The van der Waals surface area contributed by atoms with Crippen molar-refractivity contribution in [3.05, 3.63) is 0 Å². The lowest BCUT2D eigenvalue weighted by Gasteiger charge is -2.06. The molecular weight excluding hydrogens is 372 g/mol. The van der Waals surface area contributed by atoms with Crippen LogP contribution in [0.15, 0.2) is 8.68 Å². The molecule has 1 aromatic heterocycles. The molecule has 0 aliphatic carbocycles. The molecule has 0 aliphatic heterocycles. The van der Waals surface area contributed by atoms with E-state index in [1.54, 1.807) is 0 Å². The number of aromatic nitrogens is 2. The molecule has 4 N–H and O–H groups in total. The van der Waals surface area contributed by atoms with Crippen molar-refractivity contribution in [2.75, 3.05) is 0 Å². The second kappa shape index (κ2) is 8.69. The lowest BCUT2D eigenvalue weighted by atomic mass is 10.3. The van der Waals surface area contributed by atoms with Crippen LogP contribution in [0.3, 0.4) is 0 Å². The van der Waals surface area contributed by atoms with E-state index >= 15 is 0 Å². The molecule has 0 aromatic carbocycles. The summed E-state index contributed by atoms with van der Waals surface area (Å²) in [7, 11) is 0. The van der Waals surface area contributed by atoms with Gasteiger partial charge in [0.25, 0.3) is 0 Å². The molecule has 1 aromatic rings. The predicted molar refractivity (Wildman–Crippen MR) is 79.0 cm³/mol. The zero-order chi connectivity index (χ0) is 17.6. The van der Waals surface area contributed by atoms with Crippen LogP contribution in [0.1, 0.15) is 12.8 Å². The van der Waals surface area contributed by atoms with E-state index in [0.29, 0.717) is 23.5 Å². The Labute approximate surface area is 140 Å². The van der Waals surface area contributed by atoms with Gasteiger partial charge in [-0.15, -0.1) is 10.2 Å². The van der Waals surface area contributed by atoms with Crippen molar-refractivity contribution in [3.8, 4) is 0 Å². The minimum Gasteiger partial charge on any atom is -0.481 e. The highest BCUT2D eigenvalue weighted by atomic mass is 32.2. The molecule has 0 bridgehead atoms. The van der Waals surface area contributed by atoms with Gasteiger partial charge < -0.3 is 20.4 Å². The Balaban J connectivity index is 2.76. The van der Waals surface area contributed by atoms with Gasteiger partial charge in [-0.1, -0.05) is 34.9 Å². The van der Waals surface area contributed by atoms with Gasteiger partial charge in [0.1, 0.15) is 10.5 Å². The molecule has 2 atom stereocenters. The molecule has 0 spiro atoms. The third-order valence-electron chi connectivity index (χ3n) is 2.14. The third kappa shape index (κ3) is 6.83. The van der Waals surface area contributed by atoms with Crippen molar-refractivity contribution in [2.45, 2.75) is 32.0 Å². The molecule has 0 aliphatic rings. The van der Waals surface area contributed by atoms with Crippen molar-refractivity contribution < 1.29 is 39.6 Å². The van der Waals surface area contributed by atoms with Crippen LogP contribution in [0.2, 0.25) is 0 Å². The summed E-state index contributed by atoms with van der Waals surface area (Å²) in [4.78, 5) is 43.1. The number of thioether (sulfide) groups is 2. The quantitative estimate of drug-likeness (QED) is 0.415. The Morgan fingerprint density at radius 2 is 1.17 bits per heavy atom. The van der Waals surface area contributed by atoms with Gasteiger partial charge in [-0.3, -0.25) is 19.2 Å². The topological polar surface area (TPSA) is 175 Å². The highest BCUT2D eigenvalue weighted by Gasteiger charge is 2.27. The van der Waals surface area contributed by atoms with E-state index in [9.17, 15) is 19.2 Å². The first-order valence-corrected chi connectivity index (χ1v) is 8.32. The first kappa shape index (κ1) is 19.2. The standard InChI is InChI=1S/C10H10N2O8S3/c13-5(14)1-3(7(17)18)21-9-11-12-10(23-9)22-4(8(19)20)2-6(15)16/h3-4H,1-2H2,(H,13,14)(H,15,16)(H,17,18)(H,19,20). The number of hydrogen-bond donors (Lipinski definition) is 4. The van der Waals surface area contributed by atoms with Gasteiger partial charge in [0.2, 0.25) is 0 Å². The fourth-order valence-electron chi connectivity index (χ4n) is 1.21. The summed E-state index contributed by atoms with van der Waals surface area (Å²) < 4.78 is 0.307. The van der Waals surface area contributed by atoms with Crippen molar-refractivity contribution >= 4 is 58.7 Å². The van der Waals surface area contributed by atoms with Crippen LogP contribution in [0.25, 0.3) is 0 Å². The van der Waals surface area contributed by atoms with E-state index in [-0.39, 0.29) is 8.68 Å². The van der Waals surface area contributed by atoms with Crippen LogP contribution in [0.5, 0.6) is 0 Å². The lowest BCUT2D eigenvalue weighted by molar-refractivity contribution is -0.142. The maximum atomic E-state index is 11.0. The molecule has 0 fully saturated rings. The maximum absolute atomic E-state index is 11.0. The summed E-state index contributed by atoms with van der Waals surface area (Å²) >= 11 is 2.24. The summed E-state index contributed by atoms with van der Waals surface area (Å²) in [6, 6.07) is 0. The molecule has 10 nitrogen and oxygen atoms in total. The maximum Gasteiger partial charge on any atom is 0.317 e. The second-order valence-electron chi connectivity index (χ2n) is 3.92. The molecule has 23 heavy (non-hydrogen) atoms. The fourth-order valence-corrected chi connectivity index (χ4v) is 4.55. The van der Waals surface area contributed by atoms with Crippen molar-refractivity contribution in [1.82, 2.24) is 10.2 Å². The van der Waals surface area contributed by atoms with Gasteiger partial charge in [-0.25, -0.2) is 0 Å². The van der Waals surface area contributed by atoms with Crippen LogP contribution >= 0.6 is 34.9 Å². The molecule has 13 heteroatoms. The van der Waals surface area contributed by atoms with Crippen LogP contribution in [-0.2, 0) is 19.2 Å². The molecule has 1 rings (SSSR count). The Hall–Kier alpha value is -1.86. The monoisotopic (exact) mass is 382 g/mol. The number of rotatable bonds is 10. The zero-order valence-electron chi connectivity index (χ0n) is 11.1. The van der Waals surface area contributed by atoms with Crippen LogP contribution < -0.4 is 0 Å².